The number of benzene rings is 1. The highest BCUT2D eigenvalue weighted by atomic mass is 32.2. The molecule has 0 fully saturated rings. The molecule has 1 N–H and O–H groups in total. The zero-order valence-corrected chi connectivity index (χ0v) is 13.5. The Kier molecular flexibility index (Phi) is 5.92. The Morgan fingerprint density at radius 1 is 1.30 bits per heavy atom. The lowest BCUT2D eigenvalue weighted by atomic mass is 10.2. The second-order valence-electron chi connectivity index (χ2n) is 5.11. The van der Waals surface area contributed by atoms with Crippen molar-refractivity contribution in [1.82, 2.24) is 14.9 Å². The van der Waals surface area contributed by atoms with Crippen molar-refractivity contribution < 1.29 is 0 Å². The third-order valence-corrected chi connectivity index (χ3v) is 4.33. The van der Waals surface area contributed by atoms with E-state index in [1.807, 2.05) is 11.8 Å². The summed E-state index contributed by atoms with van der Waals surface area (Å²) >= 11 is 1.90. The molecule has 1 heterocycles. The summed E-state index contributed by atoms with van der Waals surface area (Å²) in [5, 5.41) is 3.64. The molecule has 0 aliphatic rings. The molecule has 0 saturated carbocycles. The van der Waals surface area contributed by atoms with E-state index in [0.29, 0.717) is 6.04 Å². The van der Waals surface area contributed by atoms with Crippen molar-refractivity contribution in [1.29, 1.82) is 0 Å². The molecule has 0 bridgehead atoms. The minimum atomic E-state index is 0.569. The number of hydrogen-bond donors (Lipinski definition) is 1. The van der Waals surface area contributed by atoms with Gasteiger partial charge in [0.05, 0.1) is 17.6 Å². The Balaban J connectivity index is 2.17. The number of nitrogens with zero attached hydrogens (tertiary/aromatic N) is 2. The largest absolute Gasteiger partial charge is 0.327 e. The van der Waals surface area contributed by atoms with Crippen LogP contribution in [0.15, 0.2) is 24.3 Å². The molecule has 2 rings (SSSR count). The van der Waals surface area contributed by atoms with Gasteiger partial charge < -0.3 is 9.88 Å². The van der Waals surface area contributed by atoms with Crippen LogP contribution in [0.5, 0.6) is 0 Å². The van der Waals surface area contributed by atoms with Gasteiger partial charge in [-0.2, -0.15) is 11.8 Å². The normalized spacial score (nSPS) is 12.9. The number of rotatable bonds is 8. The van der Waals surface area contributed by atoms with E-state index in [9.17, 15) is 0 Å². The Bertz CT molecular complexity index is 536. The van der Waals surface area contributed by atoms with Crippen molar-refractivity contribution in [2.24, 2.45) is 0 Å². The van der Waals surface area contributed by atoms with Crippen molar-refractivity contribution in [2.45, 2.75) is 45.8 Å². The first kappa shape index (κ1) is 15.4. The van der Waals surface area contributed by atoms with Crippen molar-refractivity contribution in [3.63, 3.8) is 0 Å². The summed E-state index contributed by atoms with van der Waals surface area (Å²) in [5.41, 5.74) is 2.36. The number of thioether (sulfide) groups is 1. The first-order valence-corrected chi connectivity index (χ1v) is 8.86. The number of hydrogen-bond acceptors (Lipinski definition) is 3. The van der Waals surface area contributed by atoms with Gasteiger partial charge in [-0.1, -0.05) is 26.0 Å². The standard InChI is InChI=1S/C16H25N3S/c1-4-10-19-15-9-7-6-8-14(15)18-16(19)11-17-13(5-2)12-20-3/h6-9,13,17H,4-5,10-12H2,1-3H3. The number of aryl methyl sites for hydroxylation is 1. The summed E-state index contributed by atoms with van der Waals surface area (Å²) in [6.07, 6.45) is 4.46. The van der Waals surface area contributed by atoms with E-state index in [4.69, 9.17) is 4.98 Å². The number of aromatic nitrogens is 2. The first-order chi connectivity index (χ1) is 9.80. The number of imidazole rings is 1. The molecule has 0 amide bonds. The maximum atomic E-state index is 4.79. The van der Waals surface area contributed by atoms with E-state index >= 15 is 0 Å². The van der Waals surface area contributed by atoms with Crippen LogP contribution in [0.3, 0.4) is 0 Å². The third kappa shape index (κ3) is 3.55. The van der Waals surface area contributed by atoms with E-state index < -0.39 is 0 Å². The van der Waals surface area contributed by atoms with Crippen LogP contribution < -0.4 is 5.32 Å². The number of fused-ring (bicyclic) bond motifs is 1. The molecule has 0 spiro atoms. The number of para-hydroxylation sites is 2. The van der Waals surface area contributed by atoms with Crippen molar-refractivity contribution in [3.8, 4) is 0 Å². The van der Waals surface area contributed by atoms with Crippen LogP contribution in [0.4, 0.5) is 0 Å². The molecule has 20 heavy (non-hydrogen) atoms. The van der Waals surface area contributed by atoms with Gasteiger partial charge in [-0.25, -0.2) is 4.98 Å². The van der Waals surface area contributed by atoms with Gasteiger partial charge in [0.15, 0.2) is 0 Å². The van der Waals surface area contributed by atoms with E-state index in [0.717, 1.165) is 43.0 Å². The monoisotopic (exact) mass is 291 g/mol. The Hall–Kier alpha value is -1.00. The molecule has 1 atom stereocenters. The van der Waals surface area contributed by atoms with Gasteiger partial charge in [0.25, 0.3) is 0 Å². The fourth-order valence-electron chi connectivity index (χ4n) is 2.49. The molecule has 0 saturated heterocycles. The average molecular weight is 291 g/mol. The Morgan fingerprint density at radius 2 is 2.10 bits per heavy atom. The summed E-state index contributed by atoms with van der Waals surface area (Å²) < 4.78 is 2.36. The molecule has 110 valence electrons. The second-order valence-corrected chi connectivity index (χ2v) is 6.02. The number of nitrogens with one attached hydrogen (secondary N) is 1. The zero-order chi connectivity index (χ0) is 14.4. The van der Waals surface area contributed by atoms with E-state index in [2.05, 4.69) is 54.3 Å². The van der Waals surface area contributed by atoms with Crippen LogP contribution in [-0.2, 0) is 13.1 Å². The quantitative estimate of drug-likeness (QED) is 0.804. The predicted molar refractivity (Wildman–Crippen MR) is 89.3 cm³/mol. The van der Waals surface area contributed by atoms with Crippen LogP contribution in [-0.4, -0.2) is 27.6 Å². The molecular formula is C16H25N3S. The van der Waals surface area contributed by atoms with Crippen molar-refractivity contribution in [3.05, 3.63) is 30.1 Å². The summed E-state index contributed by atoms with van der Waals surface area (Å²) in [4.78, 5) is 4.79. The van der Waals surface area contributed by atoms with Gasteiger partial charge in [0.1, 0.15) is 5.82 Å². The molecule has 1 aromatic carbocycles. The van der Waals surface area contributed by atoms with Crippen molar-refractivity contribution >= 4 is 22.8 Å². The maximum absolute atomic E-state index is 4.79. The minimum absolute atomic E-state index is 0.569. The lowest BCUT2D eigenvalue weighted by Crippen LogP contribution is -2.31. The second kappa shape index (κ2) is 7.70. The zero-order valence-electron chi connectivity index (χ0n) is 12.7. The molecule has 4 heteroatoms. The van der Waals surface area contributed by atoms with E-state index in [-0.39, 0.29) is 0 Å². The highest BCUT2D eigenvalue weighted by Gasteiger charge is 2.11. The molecule has 1 unspecified atom stereocenters. The van der Waals surface area contributed by atoms with E-state index in [1.165, 1.54) is 5.52 Å². The SMILES string of the molecule is CCCn1c(CNC(CC)CSC)nc2ccccc21. The van der Waals surface area contributed by atoms with Gasteiger partial charge in [-0.05, 0) is 31.2 Å². The summed E-state index contributed by atoms with van der Waals surface area (Å²) in [6.45, 7) is 6.35. The predicted octanol–water partition coefficient (Wildman–Crippen LogP) is 3.68. The third-order valence-electron chi connectivity index (χ3n) is 3.59. The van der Waals surface area contributed by atoms with Crippen LogP contribution in [0.25, 0.3) is 11.0 Å². The maximum Gasteiger partial charge on any atom is 0.123 e. The van der Waals surface area contributed by atoms with Crippen LogP contribution in [0.1, 0.15) is 32.5 Å². The lowest BCUT2D eigenvalue weighted by Gasteiger charge is -2.16. The minimum Gasteiger partial charge on any atom is -0.327 e. The fourth-order valence-corrected chi connectivity index (χ4v) is 3.25. The fraction of sp³-hybridized carbons (Fsp3) is 0.562. The smallest absolute Gasteiger partial charge is 0.123 e. The topological polar surface area (TPSA) is 29.9 Å². The molecule has 2 aromatic rings. The highest BCUT2D eigenvalue weighted by molar-refractivity contribution is 7.98. The van der Waals surface area contributed by atoms with Gasteiger partial charge in [0, 0.05) is 18.3 Å². The summed E-state index contributed by atoms with van der Waals surface area (Å²) in [5.74, 6) is 2.32. The van der Waals surface area contributed by atoms with Crippen LogP contribution >= 0.6 is 11.8 Å². The summed E-state index contributed by atoms with van der Waals surface area (Å²) in [6, 6.07) is 8.99. The summed E-state index contributed by atoms with van der Waals surface area (Å²) in [7, 11) is 0. The van der Waals surface area contributed by atoms with Crippen molar-refractivity contribution in [2.75, 3.05) is 12.0 Å². The lowest BCUT2D eigenvalue weighted by molar-refractivity contribution is 0.514. The molecule has 0 radical (unpaired) electrons. The average Bonchev–Trinajstić information content (AvgIpc) is 2.82. The van der Waals surface area contributed by atoms with Gasteiger partial charge in [0.2, 0.25) is 0 Å². The Labute approximate surface area is 126 Å². The van der Waals surface area contributed by atoms with Gasteiger partial charge in [-0.3, -0.25) is 0 Å². The molecule has 3 nitrogen and oxygen atoms in total. The van der Waals surface area contributed by atoms with Crippen LogP contribution in [0, 0.1) is 0 Å². The highest BCUT2D eigenvalue weighted by Crippen LogP contribution is 2.16. The molecule has 0 aliphatic carbocycles. The molecule has 0 aliphatic heterocycles. The first-order valence-electron chi connectivity index (χ1n) is 7.46. The van der Waals surface area contributed by atoms with Gasteiger partial charge >= 0.3 is 0 Å². The van der Waals surface area contributed by atoms with Crippen LogP contribution in [0.2, 0.25) is 0 Å². The molecule has 1 aromatic heterocycles. The molecular weight excluding hydrogens is 266 g/mol. The Morgan fingerprint density at radius 3 is 2.80 bits per heavy atom. The van der Waals surface area contributed by atoms with Gasteiger partial charge in [-0.15, -0.1) is 0 Å². The van der Waals surface area contributed by atoms with E-state index in [1.54, 1.807) is 0 Å².